The maximum absolute atomic E-state index is 13.4. The Kier molecular flexibility index (Phi) is 6.02. The normalized spacial score (nSPS) is 11.2. The van der Waals surface area contributed by atoms with E-state index in [-0.39, 0.29) is 11.3 Å². The molecule has 0 saturated heterocycles. The summed E-state index contributed by atoms with van der Waals surface area (Å²) >= 11 is 0. The summed E-state index contributed by atoms with van der Waals surface area (Å²) in [6.07, 6.45) is 0. The van der Waals surface area contributed by atoms with Crippen LogP contribution in [0.3, 0.4) is 0 Å². The van der Waals surface area contributed by atoms with Gasteiger partial charge in [0.25, 0.3) is 10.0 Å². The van der Waals surface area contributed by atoms with Crippen molar-refractivity contribution in [3.05, 3.63) is 89.5 Å². The SMILES string of the molecule is CN(Cc1ccccc1)c1ccc(NS(=O)(=O)c2ccc(F)c(F)c2)cc1C(=O)O. The minimum absolute atomic E-state index is 0.0194. The third-order valence-corrected chi connectivity index (χ3v) is 5.73. The predicted molar refractivity (Wildman–Crippen MR) is 109 cm³/mol. The van der Waals surface area contributed by atoms with Crippen molar-refractivity contribution in [3.8, 4) is 0 Å². The summed E-state index contributed by atoms with van der Waals surface area (Å²) in [4.78, 5) is 13.0. The number of carboxylic acid groups (broad SMARTS) is 1. The number of anilines is 2. The number of benzene rings is 3. The molecule has 0 aliphatic rings. The number of nitrogens with one attached hydrogen (secondary N) is 1. The van der Waals surface area contributed by atoms with E-state index in [2.05, 4.69) is 4.72 Å². The number of hydrogen-bond donors (Lipinski definition) is 2. The first-order chi connectivity index (χ1) is 14.2. The fourth-order valence-electron chi connectivity index (χ4n) is 2.90. The molecule has 0 heterocycles. The molecule has 0 aromatic heterocycles. The van der Waals surface area contributed by atoms with Crippen LogP contribution in [0.25, 0.3) is 0 Å². The van der Waals surface area contributed by atoms with Crippen LogP contribution in [-0.2, 0) is 16.6 Å². The largest absolute Gasteiger partial charge is 0.478 e. The van der Waals surface area contributed by atoms with E-state index in [4.69, 9.17) is 0 Å². The molecule has 0 aliphatic heterocycles. The van der Waals surface area contributed by atoms with Crippen molar-refractivity contribution >= 4 is 27.4 Å². The quantitative estimate of drug-likeness (QED) is 0.587. The lowest BCUT2D eigenvalue weighted by Crippen LogP contribution is -2.20. The molecular formula is C21H18F2N2O4S. The van der Waals surface area contributed by atoms with Gasteiger partial charge in [0.15, 0.2) is 11.6 Å². The number of aromatic carboxylic acids is 1. The third-order valence-electron chi connectivity index (χ3n) is 4.35. The molecule has 0 saturated carbocycles. The molecule has 0 atom stereocenters. The van der Waals surface area contributed by atoms with Crippen LogP contribution in [0.15, 0.2) is 71.6 Å². The van der Waals surface area contributed by atoms with Gasteiger partial charge in [0.1, 0.15) is 0 Å². The highest BCUT2D eigenvalue weighted by Gasteiger charge is 2.20. The summed E-state index contributed by atoms with van der Waals surface area (Å²) in [7, 11) is -2.52. The van der Waals surface area contributed by atoms with Crippen molar-refractivity contribution in [2.75, 3.05) is 16.7 Å². The van der Waals surface area contributed by atoms with Crippen molar-refractivity contribution in [2.45, 2.75) is 11.4 Å². The number of sulfonamides is 1. The molecule has 6 nitrogen and oxygen atoms in total. The molecule has 0 unspecified atom stereocenters. The van der Waals surface area contributed by atoms with Crippen molar-refractivity contribution in [3.63, 3.8) is 0 Å². The lowest BCUT2D eigenvalue weighted by Gasteiger charge is -2.22. The highest BCUT2D eigenvalue weighted by Crippen LogP contribution is 2.27. The number of carbonyl (C=O) groups is 1. The Bertz CT molecular complexity index is 1180. The standard InChI is InChI=1S/C21H18F2N2O4S/c1-25(13-14-5-3-2-4-6-14)20-10-7-15(11-17(20)21(26)27)24-30(28,29)16-8-9-18(22)19(23)12-16/h2-12,24H,13H2,1H3,(H,26,27). The van der Waals surface area contributed by atoms with Gasteiger partial charge in [-0.2, -0.15) is 0 Å². The molecule has 9 heteroatoms. The predicted octanol–water partition coefficient (Wildman–Crippen LogP) is 4.10. The summed E-state index contributed by atoms with van der Waals surface area (Å²) in [5.41, 5.74) is 1.23. The second-order valence-electron chi connectivity index (χ2n) is 6.56. The van der Waals surface area contributed by atoms with Crippen LogP contribution in [0.5, 0.6) is 0 Å². The number of halogens is 2. The fraction of sp³-hybridized carbons (Fsp3) is 0.0952. The molecule has 2 N–H and O–H groups in total. The van der Waals surface area contributed by atoms with Gasteiger partial charge in [0, 0.05) is 19.3 Å². The van der Waals surface area contributed by atoms with Crippen molar-refractivity contribution in [1.82, 2.24) is 0 Å². The van der Waals surface area contributed by atoms with Crippen LogP contribution in [0.2, 0.25) is 0 Å². The van der Waals surface area contributed by atoms with Crippen LogP contribution in [0.4, 0.5) is 20.2 Å². The fourth-order valence-corrected chi connectivity index (χ4v) is 3.97. The van der Waals surface area contributed by atoms with Crippen molar-refractivity contribution < 1.29 is 27.1 Å². The Morgan fingerprint density at radius 3 is 2.33 bits per heavy atom. The van der Waals surface area contributed by atoms with E-state index in [9.17, 15) is 27.1 Å². The molecule has 30 heavy (non-hydrogen) atoms. The molecule has 3 aromatic carbocycles. The average Bonchev–Trinajstić information content (AvgIpc) is 2.70. The number of rotatable bonds is 7. The summed E-state index contributed by atoms with van der Waals surface area (Å²) in [6, 6.07) is 15.7. The van der Waals surface area contributed by atoms with Gasteiger partial charge in [-0.15, -0.1) is 0 Å². The van der Waals surface area contributed by atoms with E-state index in [1.165, 1.54) is 18.2 Å². The van der Waals surface area contributed by atoms with E-state index in [1.807, 2.05) is 30.3 Å². The van der Waals surface area contributed by atoms with Gasteiger partial charge in [-0.05, 0) is 42.0 Å². The molecule has 3 aromatic rings. The second-order valence-corrected chi connectivity index (χ2v) is 8.24. The Morgan fingerprint density at radius 1 is 1.00 bits per heavy atom. The van der Waals surface area contributed by atoms with Gasteiger partial charge >= 0.3 is 5.97 Å². The van der Waals surface area contributed by atoms with E-state index >= 15 is 0 Å². The van der Waals surface area contributed by atoms with Gasteiger partial charge in [-0.1, -0.05) is 30.3 Å². The van der Waals surface area contributed by atoms with E-state index in [0.717, 1.165) is 11.6 Å². The molecule has 0 radical (unpaired) electrons. The number of carboxylic acids is 1. The Labute approximate surface area is 172 Å². The minimum atomic E-state index is -4.24. The van der Waals surface area contributed by atoms with Crippen LogP contribution in [0.1, 0.15) is 15.9 Å². The zero-order chi connectivity index (χ0) is 21.9. The zero-order valence-corrected chi connectivity index (χ0v) is 16.7. The topological polar surface area (TPSA) is 86.7 Å². The molecule has 0 amide bonds. The second kappa shape index (κ2) is 8.50. The van der Waals surface area contributed by atoms with Crippen molar-refractivity contribution in [2.24, 2.45) is 0 Å². The molecular weight excluding hydrogens is 414 g/mol. The maximum Gasteiger partial charge on any atom is 0.337 e. The van der Waals surface area contributed by atoms with E-state index in [1.54, 1.807) is 11.9 Å². The monoisotopic (exact) mass is 432 g/mol. The highest BCUT2D eigenvalue weighted by atomic mass is 32.2. The van der Waals surface area contributed by atoms with Gasteiger partial charge in [0.2, 0.25) is 0 Å². The number of hydrogen-bond acceptors (Lipinski definition) is 4. The Morgan fingerprint density at radius 2 is 1.70 bits per heavy atom. The van der Waals surface area contributed by atoms with Crippen molar-refractivity contribution in [1.29, 1.82) is 0 Å². The van der Waals surface area contributed by atoms with Crippen LogP contribution in [0, 0.1) is 11.6 Å². The van der Waals surface area contributed by atoms with Gasteiger partial charge in [-0.25, -0.2) is 22.0 Å². The van der Waals surface area contributed by atoms with Gasteiger partial charge in [-0.3, -0.25) is 4.72 Å². The first-order valence-corrected chi connectivity index (χ1v) is 10.3. The summed E-state index contributed by atoms with van der Waals surface area (Å²) in [6.45, 7) is 0.445. The zero-order valence-electron chi connectivity index (χ0n) is 15.8. The van der Waals surface area contributed by atoms with E-state index in [0.29, 0.717) is 24.4 Å². The Hall–Kier alpha value is -3.46. The molecule has 156 valence electrons. The molecule has 0 aliphatic carbocycles. The summed E-state index contributed by atoms with van der Waals surface area (Å²) in [5.74, 6) is -3.71. The molecule has 0 spiro atoms. The Balaban J connectivity index is 1.89. The maximum atomic E-state index is 13.4. The minimum Gasteiger partial charge on any atom is -0.478 e. The molecule has 0 fully saturated rings. The first-order valence-electron chi connectivity index (χ1n) is 8.77. The van der Waals surface area contributed by atoms with Crippen LogP contribution >= 0.6 is 0 Å². The molecule has 0 bridgehead atoms. The lowest BCUT2D eigenvalue weighted by molar-refractivity contribution is 0.0697. The average molecular weight is 432 g/mol. The number of nitrogens with zero attached hydrogens (tertiary/aromatic N) is 1. The lowest BCUT2D eigenvalue weighted by atomic mass is 10.1. The smallest absolute Gasteiger partial charge is 0.337 e. The van der Waals surface area contributed by atoms with Gasteiger partial charge in [0.05, 0.1) is 16.1 Å². The summed E-state index contributed by atoms with van der Waals surface area (Å²) < 4.78 is 53.6. The van der Waals surface area contributed by atoms with E-state index < -0.39 is 32.5 Å². The summed E-state index contributed by atoms with van der Waals surface area (Å²) in [5, 5.41) is 9.59. The van der Waals surface area contributed by atoms with Crippen LogP contribution in [-0.4, -0.2) is 26.5 Å². The molecule has 3 rings (SSSR count). The first kappa shape index (κ1) is 21.3. The highest BCUT2D eigenvalue weighted by molar-refractivity contribution is 7.92. The third kappa shape index (κ3) is 4.74. The van der Waals surface area contributed by atoms with Gasteiger partial charge < -0.3 is 10.0 Å². The van der Waals surface area contributed by atoms with Crippen LogP contribution < -0.4 is 9.62 Å².